The van der Waals surface area contributed by atoms with Crippen molar-refractivity contribution >= 4 is 81.2 Å². The predicted octanol–water partition coefficient (Wildman–Crippen LogP) is 7.90. The topological polar surface area (TPSA) is 58.2 Å². The van der Waals surface area contributed by atoms with E-state index in [1.165, 1.54) is 30.3 Å². The van der Waals surface area contributed by atoms with Gasteiger partial charge < -0.3 is 10.6 Å². The first-order valence-electron chi connectivity index (χ1n) is 10.1. The van der Waals surface area contributed by atoms with Gasteiger partial charge in [0.2, 0.25) is 5.91 Å². The molecule has 3 aromatic rings. The molecule has 2 amide bonds. The summed E-state index contributed by atoms with van der Waals surface area (Å²) in [5.74, 6) is -7.31. The SMILES string of the molecule is O=C(Nc1ccc(Cl)c(NC(=O)C(F)(F)c2ccccc2)c1)C1C(c2cc(Cl)cc(Cl)c2)C1(Cl)Cl. The van der Waals surface area contributed by atoms with E-state index < -0.39 is 39.5 Å². The molecular weight excluding hydrogens is 564 g/mol. The van der Waals surface area contributed by atoms with E-state index in [1.807, 2.05) is 0 Å². The van der Waals surface area contributed by atoms with E-state index in [0.717, 1.165) is 12.1 Å². The molecular formula is C24H15Cl5F2N2O2. The molecule has 35 heavy (non-hydrogen) atoms. The number of rotatable bonds is 6. The Morgan fingerprint density at radius 3 is 2.11 bits per heavy atom. The van der Waals surface area contributed by atoms with Crippen molar-refractivity contribution in [2.24, 2.45) is 5.92 Å². The molecule has 0 aromatic heterocycles. The van der Waals surface area contributed by atoms with Gasteiger partial charge in [-0.2, -0.15) is 8.78 Å². The highest BCUT2D eigenvalue weighted by molar-refractivity contribution is 6.53. The second-order valence-electron chi connectivity index (χ2n) is 7.91. The Balaban J connectivity index is 1.50. The first kappa shape index (κ1) is 26.0. The van der Waals surface area contributed by atoms with E-state index in [0.29, 0.717) is 15.6 Å². The van der Waals surface area contributed by atoms with Crippen LogP contribution in [0.15, 0.2) is 66.7 Å². The number of alkyl halides is 4. The fourth-order valence-electron chi connectivity index (χ4n) is 3.72. The van der Waals surface area contributed by atoms with Gasteiger partial charge in [0.15, 0.2) is 0 Å². The van der Waals surface area contributed by atoms with Crippen LogP contribution in [0.5, 0.6) is 0 Å². The Hall–Kier alpha value is -2.09. The Morgan fingerprint density at radius 1 is 0.857 bits per heavy atom. The largest absolute Gasteiger partial charge is 0.350 e. The van der Waals surface area contributed by atoms with Crippen LogP contribution in [0.3, 0.4) is 0 Å². The molecule has 1 aliphatic rings. The number of halogens is 7. The molecule has 0 spiro atoms. The molecule has 0 aliphatic heterocycles. The zero-order valence-electron chi connectivity index (χ0n) is 17.5. The van der Waals surface area contributed by atoms with E-state index in [9.17, 15) is 18.4 Å². The molecule has 1 saturated carbocycles. The number of nitrogens with one attached hydrogen (secondary N) is 2. The minimum absolute atomic E-state index is 0.00196. The molecule has 2 unspecified atom stereocenters. The number of carbonyl (C=O) groups excluding carboxylic acids is 2. The second kappa shape index (κ2) is 9.75. The summed E-state index contributed by atoms with van der Waals surface area (Å²) >= 11 is 30.9. The molecule has 3 aromatic carbocycles. The summed E-state index contributed by atoms with van der Waals surface area (Å²) in [5.41, 5.74) is 0.207. The molecule has 0 radical (unpaired) electrons. The second-order valence-corrected chi connectivity index (χ2v) is 10.6. The molecule has 11 heteroatoms. The molecule has 4 rings (SSSR count). The van der Waals surface area contributed by atoms with Gasteiger partial charge in [-0.25, -0.2) is 0 Å². The van der Waals surface area contributed by atoms with Gasteiger partial charge in [-0.3, -0.25) is 9.59 Å². The number of hydrogen-bond acceptors (Lipinski definition) is 2. The lowest BCUT2D eigenvalue weighted by Crippen LogP contribution is -2.32. The number of anilines is 2. The van der Waals surface area contributed by atoms with E-state index >= 15 is 0 Å². The monoisotopic (exact) mass is 576 g/mol. The number of hydrogen-bond donors (Lipinski definition) is 2. The standard InChI is InChI=1S/C24H15Cl5F2N2O2/c25-14-8-12(9-15(26)10-14)19-20(23(19,28)29)21(34)32-16-6-7-17(27)18(11-16)33-22(35)24(30,31)13-4-2-1-3-5-13/h1-11,19-20H,(H,32,34)(H,33,35). The Labute approximate surface area is 224 Å². The third kappa shape index (κ3) is 5.37. The lowest BCUT2D eigenvalue weighted by atomic mass is 10.1. The zero-order valence-corrected chi connectivity index (χ0v) is 21.2. The number of carbonyl (C=O) groups is 2. The van der Waals surface area contributed by atoms with Crippen LogP contribution in [0.2, 0.25) is 15.1 Å². The van der Waals surface area contributed by atoms with Gasteiger partial charge >= 0.3 is 5.92 Å². The molecule has 4 nitrogen and oxygen atoms in total. The van der Waals surface area contributed by atoms with Crippen molar-refractivity contribution < 1.29 is 18.4 Å². The van der Waals surface area contributed by atoms with Crippen LogP contribution in [-0.2, 0) is 15.5 Å². The Kier molecular flexibility index (Phi) is 7.24. The third-order valence-electron chi connectivity index (χ3n) is 5.48. The first-order chi connectivity index (χ1) is 16.4. The molecule has 0 heterocycles. The highest BCUT2D eigenvalue weighted by Crippen LogP contribution is 2.65. The van der Waals surface area contributed by atoms with Crippen molar-refractivity contribution in [1.82, 2.24) is 0 Å². The first-order valence-corrected chi connectivity index (χ1v) is 12.0. The lowest BCUT2D eigenvalue weighted by Gasteiger charge is -2.17. The van der Waals surface area contributed by atoms with Crippen LogP contribution >= 0.6 is 58.0 Å². The van der Waals surface area contributed by atoms with Crippen LogP contribution in [-0.4, -0.2) is 16.1 Å². The molecule has 182 valence electrons. The summed E-state index contributed by atoms with van der Waals surface area (Å²) in [6, 6.07) is 15.5. The average Bonchev–Trinajstić information content (AvgIpc) is 3.38. The summed E-state index contributed by atoms with van der Waals surface area (Å²) in [5, 5.41) is 5.48. The van der Waals surface area contributed by atoms with Crippen molar-refractivity contribution in [2.45, 2.75) is 16.2 Å². The minimum atomic E-state index is -3.81. The normalized spacial score (nSPS) is 18.6. The molecule has 2 atom stereocenters. The van der Waals surface area contributed by atoms with Gasteiger partial charge in [-0.1, -0.05) is 65.1 Å². The van der Waals surface area contributed by atoms with Crippen molar-refractivity contribution in [2.75, 3.05) is 10.6 Å². The Morgan fingerprint density at radius 2 is 1.49 bits per heavy atom. The van der Waals surface area contributed by atoms with Crippen LogP contribution in [0.4, 0.5) is 20.2 Å². The summed E-state index contributed by atoms with van der Waals surface area (Å²) in [4.78, 5) is 25.2. The van der Waals surface area contributed by atoms with Crippen molar-refractivity contribution in [1.29, 1.82) is 0 Å². The number of benzene rings is 3. The molecule has 0 saturated heterocycles. The molecule has 2 N–H and O–H groups in total. The maximum atomic E-state index is 14.6. The van der Waals surface area contributed by atoms with Gasteiger partial charge in [0.1, 0.15) is 4.33 Å². The van der Waals surface area contributed by atoms with Crippen LogP contribution in [0, 0.1) is 5.92 Å². The highest BCUT2D eigenvalue weighted by Gasteiger charge is 2.67. The fourth-order valence-corrected chi connectivity index (χ4v) is 5.26. The smallest absolute Gasteiger partial charge is 0.326 e. The van der Waals surface area contributed by atoms with Gasteiger partial charge in [0.25, 0.3) is 5.91 Å². The minimum Gasteiger partial charge on any atom is -0.326 e. The van der Waals surface area contributed by atoms with Crippen LogP contribution in [0.25, 0.3) is 0 Å². The number of amides is 2. The molecule has 1 fully saturated rings. The van der Waals surface area contributed by atoms with E-state index in [2.05, 4.69) is 10.6 Å². The van der Waals surface area contributed by atoms with E-state index in [1.54, 1.807) is 24.3 Å². The highest BCUT2D eigenvalue weighted by atomic mass is 35.5. The predicted molar refractivity (Wildman–Crippen MR) is 136 cm³/mol. The van der Waals surface area contributed by atoms with Gasteiger partial charge in [-0.15, -0.1) is 23.2 Å². The molecule has 0 bridgehead atoms. The van der Waals surface area contributed by atoms with E-state index in [-0.39, 0.29) is 16.4 Å². The van der Waals surface area contributed by atoms with Crippen molar-refractivity contribution in [3.8, 4) is 0 Å². The Bertz CT molecular complexity index is 1280. The van der Waals surface area contributed by atoms with Gasteiger partial charge in [0, 0.05) is 27.2 Å². The lowest BCUT2D eigenvalue weighted by molar-refractivity contribution is -0.140. The van der Waals surface area contributed by atoms with Gasteiger partial charge in [-0.05, 0) is 42.0 Å². The van der Waals surface area contributed by atoms with Gasteiger partial charge in [0.05, 0.1) is 16.6 Å². The third-order valence-corrected chi connectivity index (χ3v) is 7.19. The van der Waals surface area contributed by atoms with Crippen LogP contribution in [0.1, 0.15) is 17.0 Å². The summed E-state index contributed by atoms with van der Waals surface area (Å²) < 4.78 is 27.7. The van der Waals surface area contributed by atoms with Crippen molar-refractivity contribution in [3.05, 3.63) is 92.9 Å². The van der Waals surface area contributed by atoms with E-state index in [4.69, 9.17) is 58.0 Å². The maximum Gasteiger partial charge on any atom is 0.350 e. The van der Waals surface area contributed by atoms with Crippen LogP contribution < -0.4 is 10.6 Å². The summed E-state index contributed by atoms with van der Waals surface area (Å²) in [6.07, 6.45) is 0. The average molecular weight is 579 g/mol. The summed E-state index contributed by atoms with van der Waals surface area (Å²) in [7, 11) is 0. The fraction of sp³-hybridized carbons (Fsp3) is 0.167. The summed E-state index contributed by atoms with van der Waals surface area (Å²) in [6.45, 7) is 0. The quantitative estimate of drug-likeness (QED) is 0.292. The molecule has 1 aliphatic carbocycles. The van der Waals surface area contributed by atoms with Crippen molar-refractivity contribution in [3.63, 3.8) is 0 Å². The maximum absolute atomic E-state index is 14.6. The zero-order chi connectivity index (χ0) is 25.5.